The van der Waals surface area contributed by atoms with E-state index in [0.717, 1.165) is 0 Å². The number of benzene rings is 1. The monoisotopic (exact) mass is 265 g/mol. The Morgan fingerprint density at radius 2 is 2.05 bits per heavy atom. The fourth-order valence-corrected chi connectivity index (χ4v) is 1.88. The van der Waals surface area contributed by atoms with Gasteiger partial charge in [-0.1, -0.05) is 12.1 Å². The number of hydrogen-bond donors (Lipinski definition) is 1. The molecule has 1 heterocycles. The lowest BCUT2D eigenvalue weighted by Crippen LogP contribution is -2.43. The third-order valence-electron chi connectivity index (χ3n) is 2.89. The van der Waals surface area contributed by atoms with Crippen LogP contribution in [0.1, 0.15) is 0 Å². The molecule has 2 rings (SSSR count). The molecule has 1 amide bonds. The maximum atomic E-state index is 11.9. The van der Waals surface area contributed by atoms with Gasteiger partial charge in [-0.2, -0.15) is 0 Å². The number of ether oxygens (including phenoxy) is 1. The molecule has 7 nitrogen and oxygen atoms in total. The largest absolute Gasteiger partial charge is 0.378 e. The Hall–Kier alpha value is -2.15. The van der Waals surface area contributed by atoms with Crippen molar-refractivity contribution in [3.63, 3.8) is 0 Å². The molecule has 1 N–H and O–H groups in total. The molecule has 0 aromatic heterocycles. The first-order valence-electron chi connectivity index (χ1n) is 6.01. The summed E-state index contributed by atoms with van der Waals surface area (Å²) < 4.78 is 5.16. The Labute approximate surface area is 110 Å². The Bertz CT molecular complexity index is 472. The number of nitro benzene ring substituents is 1. The molecular formula is C12H15N3O4. The number of rotatable bonds is 4. The molecule has 0 bridgehead atoms. The molecule has 1 aromatic rings. The highest BCUT2D eigenvalue weighted by atomic mass is 16.6. The van der Waals surface area contributed by atoms with Gasteiger partial charge in [0.05, 0.1) is 24.7 Å². The van der Waals surface area contributed by atoms with Crippen molar-refractivity contribution in [2.24, 2.45) is 0 Å². The maximum absolute atomic E-state index is 11.9. The Balaban J connectivity index is 1.94. The van der Waals surface area contributed by atoms with Crippen LogP contribution in [0.5, 0.6) is 0 Å². The van der Waals surface area contributed by atoms with Crippen LogP contribution in [0.15, 0.2) is 24.3 Å². The highest BCUT2D eigenvalue weighted by Crippen LogP contribution is 2.22. The lowest BCUT2D eigenvalue weighted by atomic mass is 10.2. The third kappa shape index (κ3) is 3.41. The zero-order valence-corrected chi connectivity index (χ0v) is 10.4. The van der Waals surface area contributed by atoms with Crippen molar-refractivity contribution in [1.82, 2.24) is 4.90 Å². The first kappa shape index (κ1) is 13.3. The molecule has 0 aliphatic carbocycles. The number of nitrogens with one attached hydrogen (secondary N) is 1. The predicted octanol–water partition coefficient (Wildman–Crippen LogP) is 0.865. The Morgan fingerprint density at radius 3 is 2.74 bits per heavy atom. The lowest BCUT2D eigenvalue weighted by molar-refractivity contribution is -0.383. The Morgan fingerprint density at radius 1 is 1.37 bits per heavy atom. The normalized spacial score (nSPS) is 15.1. The van der Waals surface area contributed by atoms with E-state index in [2.05, 4.69) is 5.32 Å². The van der Waals surface area contributed by atoms with Crippen LogP contribution in [0.2, 0.25) is 0 Å². The van der Waals surface area contributed by atoms with Crippen molar-refractivity contribution >= 4 is 17.3 Å². The molecule has 0 unspecified atom stereocenters. The van der Waals surface area contributed by atoms with E-state index in [9.17, 15) is 14.9 Å². The van der Waals surface area contributed by atoms with Crippen molar-refractivity contribution < 1.29 is 14.5 Å². The average Bonchev–Trinajstić information content (AvgIpc) is 2.46. The molecule has 0 atom stereocenters. The molecule has 19 heavy (non-hydrogen) atoms. The van der Waals surface area contributed by atoms with Gasteiger partial charge in [-0.25, -0.2) is 0 Å². The first-order valence-corrected chi connectivity index (χ1v) is 6.01. The number of amides is 1. The minimum absolute atomic E-state index is 0.0303. The van der Waals surface area contributed by atoms with E-state index in [4.69, 9.17) is 4.74 Å². The van der Waals surface area contributed by atoms with Crippen molar-refractivity contribution in [2.45, 2.75) is 0 Å². The maximum Gasteiger partial charge on any atom is 0.292 e. The van der Waals surface area contributed by atoms with E-state index < -0.39 is 4.92 Å². The lowest BCUT2D eigenvalue weighted by Gasteiger charge is -2.27. The number of morpholine rings is 1. The van der Waals surface area contributed by atoms with Gasteiger partial charge in [-0.15, -0.1) is 0 Å². The summed E-state index contributed by atoms with van der Waals surface area (Å²) in [6, 6.07) is 6.27. The van der Waals surface area contributed by atoms with E-state index in [-0.39, 0.29) is 18.1 Å². The molecule has 102 valence electrons. The van der Waals surface area contributed by atoms with Crippen molar-refractivity contribution in [2.75, 3.05) is 38.2 Å². The quantitative estimate of drug-likeness (QED) is 0.645. The SMILES string of the molecule is O=C(CNc1ccccc1[N+](=O)[O-])N1CCOCC1. The van der Waals surface area contributed by atoms with Crippen molar-refractivity contribution in [1.29, 1.82) is 0 Å². The molecule has 1 aliphatic heterocycles. The van der Waals surface area contributed by atoms with Crippen molar-refractivity contribution in [3.8, 4) is 0 Å². The van der Waals surface area contributed by atoms with Gasteiger partial charge in [0.25, 0.3) is 5.69 Å². The number of nitrogens with zero attached hydrogens (tertiary/aromatic N) is 2. The van der Waals surface area contributed by atoms with Gasteiger partial charge in [0, 0.05) is 19.2 Å². The molecular weight excluding hydrogens is 250 g/mol. The van der Waals surface area contributed by atoms with Crippen LogP contribution >= 0.6 is 0 Å². The molecule has 0 saturated carbocycles. The van der Waals surface area contributed by atoms with E-state index in [1.165, 1.54) is 6.07 Å². The number of para-hydroxylation sites is 2. The number of hydrogen-bond acceptors (Lipinski definition) is 5. The van der Waals surface area contributed by atoms with Crippen LogP contribution in [0.4, 0.5) is 11.4 Å². The van der Waals surface area contributed by atoms with Gasteiger partial charge in [-0.3, -0.25) is 14.9 Å². The van der Waals surface area contributed by atoms with Gasteiger partial charge < -0.3 is 15.0 Å². The van der Waals surface area contributed by atoms with E-state index in [1.54, 1.807) is 23.1 Å². The van der Waals surface area contributed by atoms with Gasteiger partial charge >= 0.3 is 0 Å². The highest BCUT2D eigenvalue weighted by Gasteiger charge is 2.18. The first-order chi connectivity index (χ1) is 9.18. The van der Waals surface area contributed by atoms with Crippen LogP contribution in [0.25, 0.3) is 0 Å². The molecule has 7 heteroatoms. The summed E-state index contributed by atoms with van der Waals surface area (Å²) in [4.78, 5) is 23.9. The van der Waals surface area contributed by atoms with Gasteiger partial charge in [0.1, 0.15) is 5.69 Å². The molecule has 1 saturated heterocycles. The fraction of sp³-hybridized carbons (Fsp3) is 0.417. The molecule has 1 aliphatic rings. The smallest absolute Gasteiger partial charge is 0.292 e. The molecule has 0 radical (unpaired) electrons. The minimum Gasteiger partial charge on any atom is -0.378 e. The fourth-order valence-electron chi connectivity index (χ4n) is 1.88. The minimum atomic E-state index is -0.471. The van der Waals surface area contributed by atoms with Gasteiger partial charge in [0.2, 0.25) is 5.91 Å². The van der Waals surface area contributed by atoms with Crippen LogP contribution in [-0.2, 0) is 9.53 Å². The van der Waals surface area contributed by atoms with Crippen LogP contribution in [0, 0.1) is 10.1 Å². The number of carbonyl (C=O) groups excluding carboxylic acids is 1. The Kier molecular flexibility index (Phi) is 4.30. The second-order valence-corrected chi connectivity index (χ2v) is 4.12. The molecule has 0 spiro atoms. The third-order valence-corrected chi connectivity index (χ3v) is 2.89. The number of anilines is 1. The summed E-state index contributed by atoms with van der Waals surface area (Å²) in [7, 11) is 0. The summed E-state index contributed by atoms with van der Waals surface area (Å²) in [5.41, 5.74) is 0.325. The zero-order chi connectivity index (χ0) is 13.7. The second kappa shape index (κ2) is 6.14. The van der Waals surface area contributed by atoms with E-state index in [1.807, 2.05) is 0 Å². The summed E-state index contributed by atoms with van der Waals surface area (Å²) in [6.07, 6.45) is 0. The van der Waals surface area contributed by atoms with Crippen LogP contribution in [0.3, 0.4) is 0 Å². The summed E-state index contributed by atoms with van der Waals surface area (Å²) >= 11 is 0. The topological polar surface area (TPSA) is 84.7 Å². The number of carbonyl (C=O) groups is 1. The van der Waals surface area contributed by atoms with Crippen LogP contribution in [-0.4, -0.2) is 48.6 Å². The summed E-state index contributed by atoms with van der Waals surface area (Å²) in [5, 5.41) is 13.6. The summed E-state index contributed by atoms with van der Waals surface area (Å²) in [6.45, 7) is 2.26. The van der Waals surface area contributed by atoms with Crippen molar-refractivity contribution in [3.05, 3.63) is 34.4 Å². The average molecular weight is 265 g/mol. The molecule has 1 fully saturated rings. The predicted molar refractivity (Wildman–Crippen MR) is 69.0 cm³/mol. The summed E-state index contributed by atoms with van der Waals surface area (Å²) in [5.74, 6) is -0.0820. The zero-order valence-electron chi connectivity index (χ0n) is 10.4. The number of nitro groups is 1. The standard InChI is InChI=1S/C12H15N3O4/c16-12(14-5-7-19-8-6-14)9-13-10-3-1-2-4-11(10)15(17)18/h1-4,13H,5-9H2. The molecule has 1 aromatic carbocycles. The second-order valence-electron chi connectivity index (χ2n) is 4.12. The van der Waals surface area contributed by atoms with E-state index in [0.29, 0.717) is 32.0 Å². The van der Waals surface area contributed by atoms with Crippen LogP contribution < -0.4 is 5.32 Å². The van der Waals surface area contributed by atoms with Gasteiger partial charge in [-0.05, 0) is 6.07 Å². The highest BCUT2D eigenvalue weighted by molar-refractivity contribution is 5.81. The van der Waals surface area contributed by atoms with E-state index >= 15 is 0 Å². The van der Waals surface area contributed by atoms with Gasteiger partial charge in [0.15, 0.2) is 0 Å².